The Morgan fingerprint density at radius 3 is 2.12 bits per heavy atom. The molecule has 1 N–H and O–H groups in total. The molecule has 0 aliphatic carbocycles. The van der Waals surface area contributed by atoms with Crippen LogP contribution in [0, 0.1) is 5.41 Å². The molecular weight excluding hydrogens is 102 g/mol. The van der Waals surface area contributed by atoms with Gasteiger partial charge in [0.2, 0.25) is 0 Å². The van der Waals surface area contributed by atoms with E-state index in [0.717, 1.165) is 6.21 Å². The number of hydrogen-bond acceptors (Lipinski definition) is 2. The number of carbonyl (C=O) groups excluding carboxylic acids is 1. The maximum Gasteiger partial charge on any atom is 0.155 e. The minimum atomic E-state index is 0.0218. The van der Waals surface area contributed by atoms with E-state index >= 15 is 0 Å². The van der Waals surface area contributed by atoms with Gasteiger partial charge >= 0.3 is 0 Å². The maximum absolute atomic E-state index is 10.4. The highest BCUT2D eigenvalue weighted by Crippen LogP contribution is 1.89. The van der Waals surface area contributed by atoms with Crippen molar-refractivity contribution in [3.8, 4) is 0 Å². The van der Waals surface area contributed by atoms with E-state index in [0.29, 0.717) is 5.57 Å². The zero-order valence-corrected chi connectivity index (χ0v) is 5.06. The van der Waals surface area contributed by atoms with E-state index in [4.69, 9.17) is 5.41 Å². The summed E-state index contributed by atoms with van der Waals surface area (Å²) in [6, 6.07) is 0. The summed E-state index contributed by atoms with van der Waals surface area (Å²) in [5.41, 5.74) is 0.625. The normalized spacial score (nSPS) is 11.0. The maximum atomic E-state index is 10.4. The minimum Gasteiger partial charge on any atom is -0.309 e. The predicted octanol–water partition coefficient (Wildman–Crippen LogP) is 1.17. The Kier molecular flexibility index (Phi) is 2.77. The van der Waals surface area contributed by atoms with Gasteiger partial charge in [-0.15, -0.1) is 0 Å². The second-order valence-corrected chi connectivity index (χ2v) is 1.57. The molecule has 0 aromatic rings. The topological polar surface area (TPSA) is 40.9 Å². The first-order valence-corrected chi connectivity index (χ1v) is 2.36. The van der Waals surface area contributed by atoms with Crippen LogP contribution >= 0.6 is 0 Å². The van der Waals surface area contributed by atoms with Crippen molar-refractivity contribution in [2.75, 3.05) is 0 Å². The van der Waals surface area contributed by atoms with Gasteiger partial charge in [0.15, 0.2) is 5.78 Å². The second-order valence-electron chi connectivity index (χ2n) is 1.57. The van der Waals surface area contributed by atoms with Crippen LogP contribution in [0.3, 0.4) is 0 Å². The molecule has 0 aromatic heterocycles. The van der Waals surface area contributed by atoms with Gasteiger partial charge in [-0.1, -0.05) is 0 Å². The minimum absolute atomic E-state index is 0.0218. The van der Waals surface area contributed by atoms with Crippen LogP contribution in [-0.4, -0.2) is 12.0 Å². The molecule has 2 nitrogen and oxygen atoms in total. The Bertz CT molecular complexity index is 135. The van der Waals surface area contributed by atoms with Gasteiger partial charge in [-0.3, -0.25) is 4.79 Å². The van der Waals surface area contributed by atoms with Crippen LogP contribution in [0.5, 0.6) is 0 Å². The van der Waals surface area contributed by atoms with E-state index < -0.39 is 0 Å². The van der Waals surface area contributed by atoms with Gasteiger partial charge in [0.05, 0.1) is 0 Å². The molecule has 0 spiro atoms. The fraction of sp³-hybridized carbons (Fsp3) is 0.333. The first-order chi connectivity index (χ1) is 3.68. The lowest BCUT2D eigenvalue weighted by atomic mass is 10.2. The first kappa shape index (κ1) is 7.08. The fourth-order valence-corrected chi connectivity index (χ4v) is 0.242. The van der Waals surface area contributed by atoms with Crippen LogP contribution in [0.2, 0.25) is 0 Å². The Labute approximate surface area is 48.7 Å². The summed E-state index contributed by atoms with van der Waals surface area (Å²) in [7, 11) is 0. The lowest BCUT2D eigenvalue weighted by Crippen LogP contribution is -1.90. The summed E-state index contributed by atoms with van der Waals surface area (Å²) < 4.78 is 0. The van der Waals surface area contributed by atoms with Gasteiger partial charge in [0, 0.05) is 6.21 Å². The van der Waals surface area contributed by atoms with E-state index in [1.54, 1.807) is 6.92 Å². The van der Waals surface area contributed by atoms with Crippen LogP contribution in [0.1, 0.15) is 13.8 Å². The van der Waals surface area contributed by atoms with Gasteiger partial charge in [0.1, 0.15) is 0 Å². The highest BCUT2D eigenvalue weighted by molar-refractivity contribution is 5.96. The third-order valence-electron chi connectivity index (χ3n) is 0.889. The van der Waals surface area contributed by atoms with Crippen molar-refractivity contribution < 1.29 is 4.79 Å². The zero-order chi connectivity index (χ0) is 6.57. The van der Waals surface area contributed by atoms with Crippen molar-refractivity contribution in [1.82, 2.24) is 0 Å². The van der Waals surface area contributed by atoms with Crippen LogP contribution in [0.4, 0.5) is 0 Å². The van der Waals surface area contributed by atoms with Gasteiger partial charge in [0.25, 0.3) is 0 Å². The lowest BCUT2D eigenvalue weighted by molar-refractivity contribution is -0.113. The largest absolute Gasteiger partial charge is 0.309 e. The molecule has 0 aromatic carbocycles. The van der Waals surface area contributed by atoms with Crippen molar-refractivity contribution in [3.63, 3.8) is 0 Å². The number of rotatable bonds is 2. The van der Waals surface area contributed by atoms with Gasteiger partial charge in [-0.25, -0.2) is 0 Å². The fourth-order valence-electron chi connectivity index (χ4n) is 0.242. The summed E-state index contributed by atoms with van der Waals surface area (Å²) >= 11 is 0. The molecule has 0 unspecified atom stereocenters. The molecule has 0 saturated carbocycles. The summed E-state index contributed by atoms with van der Waals surface area (Å²) in [5, 5.41) is 6.57. The molecule has 8 heavy (non-hydrogen) atoms. The molecule has 0 aliphatic heterocycles. The number of hydrogen-bond donors (Lipinski definition) is 1. The SMILES string of the molecule is CC(=O)C(C)=CC=N. The highest BCUT2D eigenvalue weighted by Gasteiger charge is 1.90. The van der Waals surface area contributed by atoms with E-state index in [1.165, 1.54) is 13.0 Å². The molecular formula is C6H9NO. The number of carbonyl (C=O) groups is 1. The third-order valence-corrected chi connectivity index (χ3v) is 0.889. The number of nitrogens with one attached hydrogen (secondary N) is 1. The van der Waals surface area contributed by atoms with Gasteiger partial charge in [-0.05, 0) is 25.5 Å². The van der Waals surface area contributed by atoms with Crippen LogP contribution in [0.25, 0.3) is 0 Å². The molecule has 0 radical (unpaired) electrons. The molecule has 0 saturated heterocycles. The third kappa shape index (κ3) is 2.29. The van der Waals surface area contributed by atoms with E-state index in [9.17, 15) is 4.79 Å². The van der Waals surface area contributed by atoms with Crippen LogP contribution in [0.15, 0.2) is 11.6 Å². The van der Waals surface area contributed by atoms with E-state index in [2.05, 4.69) is 0 Å². The molecule has 0 heterocycles. The Morgan fingerprint density at radius 1 is 1.50 bits per heavy atom. The first-order valence-electron chi connectivity index (χ1n) is 2.36. The average Bonchev–Trinajstić information content (AvgIpc) is 1.67. The van der Waals surface area contributed by atoms with Crippen LogP contribution in [-0.2, 0) is 4.79 Å². The summed E-state index contributed by atoms with van der Waals surface area (Å²) in [6.07, 6.45) is 2.58. The summed E-state index contributed by atoms with van der Waals surface area (Å²) in [4.78, 5) is 10.4. The summed E-state index contributed by atoms with van der Waals surface area (Å²) in [6.45, 7) is 3.17. The Morgan fingerprint density at radius 2 is 2.00 bits per heavy atom. The smallest absolute Gasteiger partial charge is 0.155 e. The molecule has 0 bridgehead atoms. The van der Waals surface area contributed by atoms with Crippen molar-refractivity contribution in [3.05, 3.63) is 11.6 Å². The monoisotopic (exact) mass is 111 g/mol. The zero-order valence-electron chi connectivity index (χ0n) is 5.06. The quantitative estimate of drug-likeness (QED) is 0.421. The average molecular weight is 111 g/mol. The predicted molar refractivity (Wildman–Crippen MR) is 33.2 cm³/mol. The standard InChI is InChI=1S/C6H9NO/c1-5(3-4-7)6(2)8/h3-4,7H,1-2H3. The van der Waals surface area contributed by atoms with E-state index in [-0.39, 0.29) is 5.78 Å². The molecule has 0 amide bonds. The Hall–Kier alpha value is -0.920. The molecule has 0 atom stereocenters. The second kappa shape index (κ2) is 3.13. The number of Topliss-reactive ketones (excluding diaryl/α,β-unsaturated/α-hetero) is 1. The van der Waals surface area contributed by atoms with Crippen molar-refractivity contribution in [2.24, 2.45) is 0 Å². The van der Waals surface area contributed by atoms with E-state index in [1.807, 2.05) is 0 Å². The van der Waals surface area contributed by atoms with Gasteiger partial charge in [-0.2, -0.15) is 0 Å². The molecule has 0 rings (SSSR count). The number of ketones is 1. The van der Waals surface area contributed by atoms with Gasteiger partial charge < -0.3 is 5.41 Å². The highest BCUT2D eigenvalue weighted by atomic mass is 16.1. The molecule has 44 valence electrons. The Balaban J connectivity index is 3.99. The number of allylic oxidation sites excluding steroid dienone is 2. The van der Waals surface area contributed by atoms with Crippen molar-refractivity contribution >= 4 is 12.0 Å². The molecule has 2 heteroatoms. The molecule has 0 fully saturated rings. The van der Waals surface area contributed by atoms with Crippen LogP contribution < -0.4 is 0 Å². The van der Waals surface area contributed by atoms with Crippen molar-refractivity contribution in [2.45, 2.75) is 13.8 Å². The van der Waals surface area contributed by atoms with Crippen molar-refractivity contribution in [1.29, 1.82) is 5.41 Å². The lowest BCUT2D eigenvalue weighted by Gasteiger charge is -1.85. The summed E-state index contributed by atoms with van der Waals surface area (Å²) in [5.74, 6) is 0.0218. The molecule has 0 aliphatic rings.